The van der Waals surface area contributed by atoms with Crippen molar-refractivity contribution in [1.29, 1.82) is 0 Å². The minimum Gasteiger partial charge on any atom is -0.507 e. The fraction of sp³-hybridized carbons (Fsp3) is 0.393. The van der Waals surface area contributed by atoms with Crippen LogP contribution in [-0.2, 0) is 17.7 Å². The van der Waals surface area contributed by atoms with Crippen LogP contribution in [0, 0.1) is 0 Å². The number of phenols is 1. The first kappa shape index (κ1) is 24.8. The van der Waals surface area contributed by atoms with Crippen LogP contribution < -0.4 is 15.5 Å². The first-order valence-electron chi connectivity index (χ1n) is 12.7. The van der Waals surface area contributed by atoms with Gasteiger partial charge in [-0.3, -0.25) is 9.80 Å². The number of carbonyl (C=O) groups excluding carboxylic acids is 1. The van der Waals surface area contributed by atoms with Crippen molar-refractivity contribution in [2.75, 3.05) is 48.3 Å². The Kier molecular flexibility index (Phi) is 6.64. The summed E-state index contributed by atoms with van der Waals surface area (Å²) >= 11 is 0. The molecule has 9 nitrogen and oxygen atoms in total. The molecule has 1 amide bonds. The lowest BCUT2D eigenvalue weighted by Gasteiger charge is -2.36. The Bertz CT molecular complexity index is 1300. The number of anilines is 3. The third-order valence-electron chi connectivity index (χ3n) is 6.75. The standard InChI is InChI=1S/C28H34N6O3/c1-28(2,3)37-27(36)34-11-10-20-16-19(8-9-23(20)34)18-32-12-14-33(15-13-32)24-17-22(30-31-26(24)29)21-6-4-5-7-25(21)35/h4-9,16-17,35H,10-15,18H2,1-3H3,(H2,29,31). The molecule has 1 aromatic heterocycles. The molecule has 3 heterocycles. The molecule has 0 aliphatic carbocycles. The Morgan fingerprint density at radius 2 is 1.76 bits per heavy atom. The molecule has 0 bridgehead atoms. The van der Waals surface area contributed by atoms with Gasteiger partial charge in [-0.05, 0) is 62.6 Å². The molecular weight excluding hydrogens is 468 g/mol. The van der Waals surface area contributed by atoms with Crippen molar-refractivity contribution in [2.24, 2.45) is 0 Å². The Hall–Kier alpha value is -3.85. The second-order valence-electron chi connectivity index (χ2n) is 10.6. The quantitative estimate of drug-likeness (QED) is 0.550. The van der Waals surface area contributed by atoms with Gasteiger partial charge in [0.15, 0.2) is 5.82 Å². The number of piperazine rings is 1. The molecule has 5 rings (SSSR count). The van der Waals surface area contributed by atoms with Gasteiger partial charge in [-0.2, -0.15) is 0 Å². The Balaban J connectivity index is 1.22. The van der Waals surface area contributed by atoms with Gasteiger partial charge in [-0.1, -0.05) is 24.3 Å². The molecule has 3 N–H and O–H groups in total. The smallest absolute Gasteiger partial charge is 0.414 e. The molecule has 1 fully saturated rings. The molecule has 2 aromatic carbocycles. The lowest BCUT2D eigenvalue weighted by atomic mass is 10.1. The van der Waals surface area contributed by atoms with Crippen LogP contribution in [-0.4, -0.2) is 64.6 Å². The molecule has 0 spiro atoms. The number of amides is 1. The highest BCUT2D eigenvalue weighted by Gasteiger charge is 2.29. The van der Waals surface area contributed by atoms with Gasteiger partial charge < -0.3 is 20.5 Å². The average Bonchev–Trinajstić information content (AvgIpc) is 3.28. The topological polar surface area (TPSA) is 108 Å². The van der Waals surface area contributed by atoms with Crippen molar-refractivity contribution in [2.45, 2.75) is 39.3 Å². The minimum absolute atomic E-state index is 0.168. The summed E-state index contributed by atoms with van der Waals surface area (Å²) < 4.78 is 5.57. The maximum absolute atomic E-state index is 12.6. The normalized spacial score (nSPS) is 16.1. The van der Waals surface area contributed by atoms with Gasteiger partial charge in [0.2, 0.25) is 0 Å². The van der Waals surface area contributed by atoms with Crippen LogP contribution >= 0.6 is 0 Å². The molecule has 0 saturated carbocycles. The number of ether oxygens (including phenoxy) is 1. The van der Waals surface area contributed by atoms with Gasteiger partial charge in [-0.25, -0.2) is 4.79 Å². The van der Waals surface area contributed by atoms with Gasteiger partial charge in [0.25, 0.3) is 0 Å². The van der Waals surface area contributed by atoms with Crippen molar-refractivity contribution in [3.05, 3.63) is 59.7 Å². The van der Waals surface area contributed by atoms with Crippen molar-refractivity contribution in [1.82, 2.24) is 15.1 Å². The van der Waals surface area contributed by atoms with Gasteiger partial charge in [0.05, 0.1) is 17.1 Å². The molecule has 0 atom stereocenters. The van der Waals surface area contributed by atoms with Crippen LogP contribution in [0.2, 0.25) is 0 Å². The summed E-state index contributed by atoms with van der Waals surface area (Å²) in [5.74, 6) is 0.557. The number of nitrogens with zero attached hydrogens (tertiary/aromatic N) is 5. The number of para-hydroxylation sites is 1. The summed E-state index contributed by atoms with van der Waals surface area (Å²) in [5, 5.41) is 18.6. The van der Waals surface area contributed by atoms with E-state index in [0.717, 1.165) is 50.5 Å². The zero-order valence-corrected chi connectivity index (χ0v) is 21.6. The summed E-state index contributed by atoms with van der Waals surface area (Å²) in [6.07, 6.45) is 0.551. The number of phenolic OH excluding ortho intramolecular Hbond substituents is 1. The van der Waals surface area contributed by atoms with E-state index < -0.39 is 5.60 Å². The summed E-state index contributed by atoms with van der Waals surface area (Å²) in [4.78, 5) is 19.0. The molecule has 37 heavy (non-hydrogen) atoms. The number of hydrogen-bond donors (Lipinski definition) is 2. The summed E-state index contributed by atoms with van der Waals surface area (Å²) in [6.45, 7) is 10.5. The Morgan fingerprint density at radius 3 is 2.49 bits per heavy atom. The van der Waals surface area contributed by atoms with Crippen LogP contribution in [0.3, 0.4) is 0 Å². The van der Waals surface area contributed by atoms with E-state index in [1.165, 1.54) is 11.1 Å². The zero-order valence-electron chi connectivity index (χ0n) is 21.6. The predicted octanol–water partition coefficient (Wildman–Crippen LogP) is 4.05. The third kappa shape index (κ3) is 5.46. The number of nitrogen functional groups attached to an aromatic ring is 1. The summed E-state index contributed by atoms with van der Waals surface area (Å²) in [6, 6.07) is 15.4. The van der Waals surface area contributed by atoms with E-state index in [0.29, 0.717) is 23.6 Å². The van der Waals surface area contributed by atoms with E-state index >= 15 is 0 Å². The number of aromatic nitrogens is 2. The first-order chi connectivity index (χ1) is 17.7. The fourth-order valence-corrected chi connectivity index (χ4v) is 4.93. The third-order valence-corrected chi connectivity index (χ3v) is 6.75. The lowest BCUT2D eigenvalue weighted by molar-refractivity contribution is 0.0584. The van der Waals surface area contributed by atoms with E-state index in [2.05, 4.69) is 32.1 Å². The molecule has 9 heteroatoms. The first-order valence-corrected chi connectivity index (χ1v) is 12.7. The SMILES string of the molecule is CC(C)(C)OC(=O)N1CCc2cc(CN3CCN(c4cc(-c5ccccc5O)nnc4N)CC3)ccc21. The number of rotatable bonds is 4. The zero-order chi connectivity index (χ0) is 26.2. The molecule has 0 unspecified atom stereocenters. The van der Waals surface area contributed by atoms with Crippen LogP contribution in [0.15, 0.2) is 48.5 Å². The predicted molar refractivity (Wildman–Crippen MR) is 145 cm³/mol. The molecule has 2 aliphatic heterocycles. The van der Waals surface area contributed by atoms with Crippen molar-refractivity contribution >= 4 is 23.3 Å². The summed E-state index contributed by atoms with van der Waals surface area (Å²) in [7, 11) is 0. The van der Waals surface area contributed by atoms with E-state index in [9.17, 15) is 9.90 Å². The molecule has 194 valence electrons. The molecule has 2 aliphatic rings. The molecule has 0 radical (unpaired) electrons. The van der Waals surface area contributed by atoms with Crippen LogP contribution in [0.1, 0.15) is 31.9 Å². The van der Waals surface area contributed by atoms with Gasteiger partial charge in [0.1, 0.15) is 11.4 Å². The molecule has 3 aromatic rings. The molecular formula is C28H34N6O3. The lowest BCUT2D eigenvalue weighted by Crippen LogP contribution is -2.46. The van der Waals surface area contributed by atoms with E-state index in [-0.39, 0.29) is 11.8 Å². The van der Waals surface area contributed by atoms with E-state index in [4.69, 9.17) is 10.5 Å². The fourth-order valence-electron chi connectivity index (χ4n) is 4.93. The number of carbonyl (C=O) groups is 1. The van der Waals surface area contributed by atoms with E-state index in [1.807, 2.05) is 45.0 Å². The van der Waals surface area contributed by atoms with E-state index in [1.54, 1.807) is 17.0 Å². The largest absolute Gasteiger partial charge is 0.507 e. The number of nitrogens with two attached hydrogens (primary N) is 1. The highest BCUT2D eigenvalue weighted by molar-refractivity contribution is 5.90. The highest BCUT2D eigenvalue weighted by Crippen LogP contribution is 2.33. The summed E-state index contributed by atoms with van der Waals surface area (Å²) in [5.41, 5.74) is 11.1. The number of benzene rings is 2. The van der Waals surface area contributed by atoms with Crippen molar-refractivity contribution < 1.29 is 14.6 Å². The van der Waals surface area contributed by atoms with Crippen molar-refractivity contribution in [3.8, 4) is 17.0 Å². The minimum atomic E-state index is -0.510. The Morgan fingerprint density at radius 1 is 1.00 bits per heavy atom. The monoisotopic (exact) mass is 502 g/mol. The molecule has 1 saturated heterocycles. The maximum Gasteiger partial charge on any atom is 0.414 e. The number of fused-ring (bicyclic) bond motifs is 1. The van der Waals surface area contributed by atoms with Gasteiger partial charge >= 0.3 is 6.09 Å². The average molecular weight is 503 g/mol. The van der Waals surface area contributed by atoms with Gasteiger partial charge in [0, 0.05) is 44.8 Å². The van der Waals surface area contributed by atoms with Gasteiger partial charge in [-0.15, -0.1) is 10.2 Å². The Labute approximate surface area is 217 Å². The number of hydrogen-bond acceptors (Lipinski definition) is 8. The second-order valence-corrected chi connectivity index (χ2v) is 10.6. The maximum atomic E-state index is 12.6. The van der Waals surface area contributed by atoms with Crippen molar-refractivity contribution in [3.63, 3.8) is 0 Å². The van der Waals surface area contributed by atoms with Crippen LogP contribution in [0.25, 0.3) is 11.3 Å². The van der Waals surface area contributed by atoms with Crippen LogP contribution in [0.5, 0.6) is 5.75 Å². The highest BCUT2D eigenvalue weighted by atomic mass is 16.6. The van der Waals surface area contributed by atoms with Crippen LogP contribution in [0.4, 0.5) is 22.0 Å². The second kappa shape index (κ2) is 9.89. The number of aromatic hydroxyl groups is 1.